The van der Waals surface area contributed by atoms with E-state index < -0.39 is 11.4 Å². The number of β-amino-alcohol motifs (C(OH)–C–C–N with tert-alkyl or cyclic N) is 1. The van der Waals surface area contributed by atoms with E-state index in [0.717, 1.165) is 0 Å². The Labute approximate surface area is 144 Å². The van der Waals surface area contributed by atoms with E-state index in [4.69, 9.17) is 9.47 Å². The summed E-state index contributed by atoms with van der Waals surface area (Å²) in [6, 6.07) is 8.89. The first-order valence-corrected chi connectivity index (χ1v) is 7.89. The lowest BCUT2D eigenvalue weighted by atomic mass is 10.1. The maximum Gasteiger partial charge on any atom is 0.254 e. The number of methoxy groups -OCH3 is 1. The molecule has 7 heteroatoms. The number of hydrogen-bond donors (Lipinski definition) is 1. The Morgan fingerprint density at radius 1 is 1.40 bits per heavy atom. The molecule has 6 nitrogen and oxygen atoms in total. The van der Waals surface area contributed by atoms with Crippen LogP contribution in [0.4, 0.5) is 4.39 Å². The molecule has 1 aromatic carbocycles. The molecule has 0 radical (unpaired) electrons. The Balaban J connectivity index is 1.62. The van der Waals surface area contributed by atoms with E-state index in [0.29, 0.717) is 30.2 Å². The highest BCUT2D eigenvalue weighted by Gasteiger charge is 2.39. The second kappa shape index (κ2) is 7.06. The van der Waals surface area contributed by atoms with Gasteiger partial charge in [0.1, 0.15) is 23.8 Å². The van der Waals surface area contributed by atoms with Gasteiger partial charge in [-0.15, -0.1) is 0 Å². The zero-order valence-corrected chi connectivity index (χ0v) is 13.8. The highest BCUT2D eigenvalue weighted by Crippen LogP contribution is 2.25. The standard InChI is InChI=1S/C18H19FN2O4/c1-24-16-9-13(5-7-20-16)17(22)21-8-6-18(23,11-21)12-25-15-4-2-3-14(19)10-15/h2-5,7,9-10,23H,6,8,11-12H2,1H3/t18-/m1/s1. The lowest BCUT2D eigenvalue weighted by Crippen LogP contribution is -2.40. The van der Waals surface area contributed by atoms with Crippen molar-refractivity contribution in [2.45, 2.75) is 12.0 Å². The Morgan fingerprint density at radius 2 is 2.24 bits per heavy atom. The van der Waals surface area contributed by atoms with Crippen LogP contribution in [0.1, 0.15) is 16.8 Å². The van der Waals surface area contributed by atoms with Gasteiger partial charge in [0.2, 0.25) is 5.88 Å². The molecule has 1 aromatic heterocycles. The van der Waals surface area contributed by atoms with Crippen molar-refractivity contribution in [3.63, 3.8) is 0 Å². The number of hydrogen-bond acceptors (Lipinski definition) is 5. The van der Waals surface area contributed by atoms with Crippen LogP contribution in [0.3, 0.4) is 0 Å². The first kappa shape index (κ1) is 17.2. The fourth-order valence-electron chi connectivity index (χ4n) is 2.76. The van der Waals surface area contributed by atoms with Crippen LogP contribution in [0.2, 0.25) is 0 Å². The summed E-state index contributed by atoms with van der Waals surface area (Å²) in [7, 11) is 1.48. The summed E-state index contributed by atoms with van der Waals surface area (Å²) in [5.74, 6) is 0.0912. The van der Waals surface area contributed by atoms with Gasteiger partial charge < -0.3 is 19.5 Å². The maximum absolute atomic E-state index is 13.2. The maximum atomic E-state index is 13.2. The molecule has 0 bridgehead atoms. The molecule has 1 aliphatic heterocycles. The Bertz CT molecular complexity index is 770. The van der Waals surface area contributed by atoms with Gasteiger partial charge in [-0.2, -0.15) is 0 Å². The number of aliphatic hydroxyl groups is 1. The molecule has 1 amide bonds. The van der Waals surface area contributed by atoms with Gasteiger partial charge in [0, 0.05) is 30.4 Å². The first-order valence-electron chi connectivity index (χ1n) is 7.89. The van der Waals surface area contributed by atoms with Crippen LogP contribution in [0.15, 0.2) is 42.6 Å². The third-order valence-corrected chi connectivity index (χ3v) is 4.11. The number of carbonyl (C=O) groups excluding carboxylic acids is 1. The minimum atomic E-state index is -1.17. The van der Waals surface area contributed by atoms with Crippen LogP contribution < -0.4 is 9.47 Å². The van der Waals surface area contributed by atoms with Crippen LogP contribution in [-0.2, 0) is 0 Å². The highest BCUT2D eigenvalue weighted by molar-refractivity contribution is 5.94. The van der Waals surface area contributed by atoms with Gasteiger partial charge in [0.15, 0.2) is 0 Å². The second-order valence-corrected chi connectivity index (χ2v) is 6.03. The third-order valence-electron chi connectivity index (χ3n) is 4.11. The summed E-state index contributed by atoms with van der Waals surface area (Å²) < 4.78 is 23.7. The van der Waals surface area contributed by atoms with Gasteiger partial charge >= 0.3 is 0 Å². The fraction of sp³-hybridized carbons (Fsp3) is 0.333. The molecule has 132 valence electrons. The molecule has 1 saturated heterocycles. The number of rotatable bonds is 5. The summed E-state index contributed by atoms with van der Waals surface area (Å²) >= 11 is 0. The Kier molecular flexibility index (Phi) is 4.85. The molecule has 3 rings (SSSR count). The van der Waals surface area contributed by atoms with E-state index in [2.05, 4.69) is 4.98 Å². The van der Waals surface area contributed by atoms with Crippen molar-refractivity contribution in [1.29, 1.82) is 0 Å². The first-order chi connectivity index (χ1) is 12.0. The molecule has 2 heterocycles. The number of ether oxygens (including phenoxy) is 2. The van der Waals surface area contributed by atoms with Crippen molar-refractivity contribution in [3.8, 4) is 11.6 Å². The molecule has 1 N–H and O–H groups in total. The summed E-state index contributed by atoms with van der Waals surface area (Å²) in [5, 5.41) is 10.6. The number of amides is 1. The van der Waals surface area contributed by atoms with Crippen molar-refractivity contribution in [2.75, 3.05) is 26.8 Å². The molecule has 1 fully saturated rings. The molecular weight excluding hydrogens is 327 g/mol. The van der Waals surface area contributed by atoms with Crippen LogP contribution in [0, 0.1) is 5.82 Å². The van der Waals surface area contributed by atoms with Crippen molar-refractivity contribution in [1.82, 2.24) is 9.88 Å². The lowest BCUT2D eigenvalue weighted by molar-refractivity contribution is 0.00422. The number of carbonyl (C=O) groups is 1. The van der Waals surface area contributed by atoms with Crippen molar-refractivity contribution in [2.24, 2.45) is 0 Å². The zero-order valence-electron chi connectivity index (χ0n) is 13.8. The van der Waals surface area contributed by atoms with E-state index in [-0.39, 0.29) is 19.1 Å². The number of aromatic nitrogens is 1. The summed E-state index contributed by atoms with van der Waals surface area (Å²) in [6.45, 7) is 0.540. The van der Waals surface area contributed by atoms with Crippen LogP contribution >= 0.6 is 0 Å². The molecule has 25 heavy (non-hydrogen) atoms. The highest BCUT2D eigenvalue weighted by atomic mass is 19.1. The summed E-state index contributed by atoms with van der Waals surface area (Å²) in [4.78, 5) is 18.1. The molecule has 1 atom stereocenters. The van der Waals surface area contributed by atoms with Crippen LogP contribution in [0.5, 0.6) is 11.6 Å². The number of halogens is 1. The third kappa shape index (κ3) is 4.06. The van der Waals surface area contributed by atoms with Gasteiger partial charge in [-0.3, -0.25) is 4.79 Å². The van der Waals surface area contributed by atoms with E-state index >= 15 is 0 Å². The predicted molar refractivity (Wildman–Crippen MR) is 88.2 cm³/mol. The predicted octanol–water partition coefficient (Wildman–Crippen LogP) is 1.89. The lowest BCUT2D eigenvalue weighted by Gasteiger charge is -2.23. The van der Waals surface area contributed by atoms with Crippen molar-refractivity contribution >= 4 is 5.91 Å². The van der Waals surface area contributed by atoms with Gasteiger partial charge in [0.25, 0.3) is 5.91 Å². The number of benzene rings is 1. The molecule has 0 unspecified atom stereocenters. The average Bonchev–Trinajstić information content (AvgIpc) is 3.02. The summed E-state index contributed by atoms with van der Waals surface area (Å²) in [6.07, 6.45) is 1.89. The number of pyridine rings is 1. The van der Waals surface area contributed by atoms with E-state index in [9.17, 15) is 14.3 Å². The molecule has 0 aliphatic carbocycles. The zero-order chi connectivity index (χ0) is 17.9. The van der Waals surface area contributed by atoms with Gasteiger partial charge in [-0.05, 0) is 24.6 Å². The average molecular weight is 346 g/mol. The molecular formula is C18H19FN2O4. The van der Waals surface area contributed by atoms with Crippen molar-refractivity contribution < 1.29 is 23.8 Å². The number of likely N-dealkylation sites (tertiary alicyclic amines) is 1. The smallest absolute Gasteiger partial charge is 0.254 e. The SMILES string of the molecule is COc1cc(C(=O)N2CC[C@](O)(COc3cccc(F)c3)C2)ccn1. The van der Waals surface area contributed by atoms with Gasteiger partial charge in [0.05, 0.1) is 13.7 Å². The molecule has 0 saturated carbocycles. The summed E-state index contributed by atoms with van der Waals surface area (Å²) in [5.41, 5.74) is -0.721. The fourth-order valence-corrected chi connectivity index (χ4v) is 2.76. The van der Waals surface area contributed by atoms with Crippen LogP contribution in [0.25, 0.3) is 0 Å². The molecule has 0 spiro atoms. The number of nitrogens with zero attached hydrogens (tertiary/aromatic N) is 2. The normalized spacial score (nSPS) is 19.7. The largest absolute Gasteiger partial charge is 0.490 e. The minimum Gasteiger partial charge on any atom is -0.490 e. The Morgan fingerprint density at radius 3 is 3.00 bits per heavy atom. The van der Waals surface area contributed by atoms with E-state index in [1.54, 1.807) is 23.1 Å². The Hall–Kier alpha value is -2.67. The van der Waals surface area contributed by atoms with Crippen molar-refractivity contribution in [3.05, 3.63) is 54.0 Å². The minimum absolute atomic E-state index is 0.0140. The monoisotopic (exact) mass is 346 g/mol. The van der Waals surface area contributed by atoms with E-state index in [1.807, 2.05) is 0 Å². The molecule has 2 aromatic rings. The van der Waals surface area contributed by atoms with Gasteiger partial charge in [-0.25, -0.2) is 9.37 Å². The van der Waals surface area contributed by atoms with Gasteiger partial charge in [-0.1, -0.05) is 6.07 Å². The van der Waals surface area contributed by atoms with Crippen LogP contribution in [-0.4, -0.2) is 53.3 Å². The quantitative estimate of drug-likeness (QED) is 0.895. The topological polar surface area (TPSA) is 71.9 Å². The second-order valence-electron chi connectivity index (χ2n) is 6.03. The van der Waals surface area contributed by atoms with E-state index in [1.165, 1.54) is 31.5 Å². The molecule has 1 aliphatic rings.